The minimum Gasteiger partial charge on any atom is -0.467 e. The molecule has 0 saturated carbocycles. The molecular weight excluding hydrogens is 152 g/mol. The van der Waals surface area contributed by atoms with Crippen LogP contribution < -0.4 is 0 Å². The lowest BCUT2D eigenvalue weighted by Crippen LogP contribution is -2.17. The van der Waals surface area contributed by atoms with E-state index in [1.54, 1.807) is 6.26 Å². The van der Waals surface area contributed by atoms with Crippen molar-refractivity contribution in [2.75, 3.05) is 6.61 Å². The first-order valence-corrected chi connectivity index (χ1v) is 4.51. The molecule has 0 amide bonds. The summed E-state index contributed by atoms with van der Waals surface area (Å²) in [5.74, 6) is 1.73. The van der Waals surface area contributed by atoms with E-state index >= 15 is 0 Å². The second kappa shape index (κ2) is 3.31. The molecule has 1 saturated heterocycles. The fraction of sp³-hybridized carbons (Fsp3) is 0.600. The van der Waals surface area contributed by atoms with Crippen molar-refractivity contribution in [1.82, 2.24) is 0 Å². The van der Waals surface area contributed by atoms with Crippen LogP contribution in [0, 0.1) is 5.92 Å². The molecule has 1 aromatic rings. The van der Waals surface area contributed by atoms with E-state index in [1.807, 2.05) is 12.1 Å². The molecule has 2 atom stereocenters. The summed E-state index contributed by atoms with van der Waals surface area (Å²) < 4.78 is 10.9. The van der Waals surface area contributed by atoms with Crippen molar-refractivity contribution in [3.05, 3.63) is 24.2 Å². The zero-order valence-corrected chi connectivity index (χ0v) is 7.32. The normalized spacial score (nSPS) is 30.4. The summed E-state index contributed by atoms with van der Waals surface area (Å²) in [7, 11) is 0. The summed E-state index contributed by atoms with van der Waals surface area (Å²) in [6, 6.07) is 3.90. The first-order chi connectivity index (χ1) is 5.86. The van der Waals surface area contributed by atoms with E-state index < -0.39 is 0 Å². The SMILES string of the molecule is C[C@H]1CCOC(c2ccco2)C1. The zero-order valence-electron chi connectivity index (χ0n) is 7.32. The number of ether oxygens (including phenoxy) is 1. The molecule has 66 valence electrons. The van der Waals surface area contributed by atoms with Crippen molar-refractivity contribution in [2.24, 2.45) is 5.92 Å². The van der Waals surface area contributed by atoms with Crippen LogP contribution in [0.4, 0.5) is 0 Å². The fourth-order valence-electron chi connectivity index (χ4n) is 1.64. The van der Waals surface area contributed by atoms with Crippen molar-refractivity contribution in [1.29, 1.82) is 0 Å². The quantitative estimate of drug-likeness (QED) is 0.640. The molecule has 1 unspecified atom stereocenters. The Hall–Kier alpha value is -0.760. The van der Waals surface area contributed by atoms with Crippen molar-refractivity contribution in [3.63, 3.8) is 0 Å². The molecule has 2 heterocycles. The predicted octanol–water partition coefficient (Wildman–Crippen LogP) is 2.77. The van der Waals surface area contributed by atoms with Gasteiger partial charge in [0.1, 0.15) is 11.9 Å². The number of hydrogen-bond acceptors (Lipinski definition) is 2. The highest BCUT2D eigenvalue weighted by molar-refractivity contribution is 5.03. The maximum Gasteiger partial charge on any atom is 0.132 e. The first kappa shape index (κ1) is 7.87. The van der Waals surface area contributed by atoms with Crippen molar-refractivity contribution < 1.29 is 9.15 Å². The summed E-state index contributed by atoms with van der Waals surface area (Å²) in [5, 5.41) is 0. The van der Waals surface area contributed by atoms with Crippen LogP contribution in [0.15, 0.2) is 22.8 Å². The minimum atomic E-state index is 0.198. The predicted molar refractivity (Wildman–Crippen MR) is 45.8 cm³/mol. The average Bonchev–Trinajstić information content (AvgIpc) is 2.56. The van der Waals surface area contributed by atoms with E-state index in [-0.39, 0.29) is 6.10 Å². The van der Waals surface area contributed by atoms with Gasteiger partial charge in [-0.3, -0.25) is 0 Å². The van der Waals surface area contributed by atoms with Gasteiger partial charge >= 0.3 is 0 Å². The van der Waals surface area contributed by atoms with Gasteiger partial charge in [-0.2, -0.15) is 0 Å². The highest BCUT2D eigenvalue weighted by Crippen LogP contribution is 2.31. The topological polar surface area (TPSA) is 22.4 Å². The van der Waals surface area contributed by atoms with Gasteiger partial charge in [0.2, 0.25) is 0 Å². The third kappa shape index (κ3) is 1.53. The molecule has 1 fully saturated rings. The van der Waals surface area contributed by atoms with Crippen LogP contribution in [-0.2, 0) is 4.74 Å². The Bertz CT molecular complexity index is 228. The van der Waals surface area contributed by atoms with Crippen LogP contribution >= 0.6 is 0 Å². The third-order valence-electron chi connectivity index (χ3n) is 2.41. The standard InChI is InChI=1S/C10H14O2/c1-8-4-6-12-10(7-8)9-3-2-5-11-9/h2-3,5,8,10H,4,6-7H2,1H3/t8-,10?/m0/s1. The molecule has 1 aromatic heterocycles. The molecular formula is C10H14O2. The maximum absolute atomic E-state index is 5.60. The molecule has 2 nitrogen and oxygen atoms in total. The highest BCUT2D eigenvalue weighted by Gasteiger charge is 2.22. The maximum atomic E-state index is 5.60. The van der Waals surface area contributed by atoms with E-state index in [0.29, 0.717) is 0 Å². The highest BCUT2D eigenvalue weighted by atomic mass is 16.5. The van der Waals surface area contributed by atoms with Crippen LogP contribution in [-0.4, -0.2) is 6.61 Å². The monoisotopic (exact) mass is 166 g/mol. The van der Waals surface area contributed by atoms with Gasteiger partial charge in [0.15, 0.2) is 0 Å². The molecule has 1 aliphatic heterocycles. The van der Waals surface area contributed by atoms with Crippen LogP contribution in [0.5, 0.6) is 0 Å². The summed E-state index contributed by atoms with van der Waals surface area (Å²) in [6.07, 6.45) is 4.17. The average molecular weight is 166 g/mol. The summed E-state index contributed by atoms with van der Waals surface area (Å²) in [6.45, 7) is 3.13. The Morgan fingerprint density at radius 1 is 1.50 bits per heavy atom. The lowest BCUT2D eigenvalue weighted by Gasteiger charge is -2.25. The molecule has 0 N–H and O–H groups in total. The molecule has 0 bridgehead atoms. The van der Waals surface area contributed by atoms with Crippen LogP contribution in [0.3, 0.4) is 0 Å². The Labute approximate surface area is 72.5 Å². The van der Waals surface area contributed by atoms with Crippen LogP contribution in [0.1, 0.15) is 31.6 Å². The van der Waals surface area contributed by atoms with Gasteiger partial charge < -0.3 is 9.15 Å². The molecule has 0 aromatic carbocycles. The number of rotatable bonds is 1. The van der Waals surface area contributed by atoms with Gasteiger partial charge in [0.25, 0.3) is 0 Å². The molecule has 2 heteroatoms. The molecule has 2 rings (SSSR count). The number of furan rings is 1. The van der Waals surface area contributed by atoms with Crippen molar-refractivity contribution >= 4 is 0 Å². The van der Waals surface area contributed by atoms with Gasteiger partial charge in [-0.25, -0.2) is 0 Å². The molecule has 1 aliphatic rings. The molecule has 0 spiro atoms. The summed E-state index contributed by atoms with van der Waals surface area (Å²) in [5.41, 5.74) is 0. The summed E-state index contributed by atoms with van der Waals surface area (Å²) in [4.78, 5) is 0. The second-order valence-electron chi connectivity index (χ2n) is 3.50. The van der Waals surface area contributed by atoms with Gasteiger partial charge in [0, 0.05) is 6.61 Å². The Balaban J connectivity index is 2.04. The molecule has 0 radical (unpaired) electrons. The molecule has 0 aliphatic carbocycles. The smallest absolute Gasteiger partial charge is 0.132 e. The number of hydrogen-bond donors (Lipinski definition) is 0. The first-order valence-electron chi connectivity index (χ1n) is 4.51. The molecule has 12 heavy (non-hydrogen) atoms. The lowest BCUT2D eigenvalue weighted by molar-refractivity contribution is -0.0182. The van der Waals surface area contributed by atoms with Crippen LogP contribution in [0.2, 0.25) is 0 Å². The van der Waals surface area contributed by atoms with Crippen LogP contribution in [0.25, 0.3) is 0 Å². The van der Waals surface area contributed by atoms with E-state index in [2.05, 4.69) is 6.92 Å². The van der Waals surface area contributed by atoms with Crippen molar-refractivity contribution in [2.45, 2.75) is 25.9 Å². The Morgan fingerprint density at radius 2 is 2.42 bits per heavy atom. The minimum absolute atomic E-state index is 0.198. The van der Waals surface area contributed by atoms with E-state index in [0.717, 1.165) is 24.7 Å². The van der Waals surface area contributed by atoms with Gasteiger partial charge in [-0.1, -0.05) is 6.92 Å². The Morgan fingerprint density at radius 3 is 3.08 bits per heavy atom. The third-order valence-corrected chi connectivity index (χ3v) is 2.41. The largest absolute Gasteiger partial charge is 0.467 e. The Kier molecular flexibility index (Phi) is 2.17. The van der Waals surface area contributed by atoms with Gasteiger partial charge in [-0.15, -0.1) is 0 Å². The van der Waals surface area contributed by atoms with E-state index in [4.69, 9.17) is 9.15 Å². The summed E-state index contributed by atoms with van der Waals surface area (Å²) >= 11 is 0. The zero-order chi connectivity index (χ0) is 8.39. The second-order valence-corrected chi connectivity index (χ2v) is 3.50. The fourth-order valence-corrected chi connectivity index (χ4v) is 1.64. The van der Waals surface area contributed by atoms with Gasteiger partial charge in [0.05, 0.1) is 6.26 Å². The lowest BCUT2D eigenvalue weighted by atomic mass is 9.96. The van der Waals surface area contributed by atoms with E-state index in [9.17, 15) is 0 Å². The van der Waals surface area contributed by atoms with Gasteiger partial charge in [-0.05, 0) is 30.9 Å². The van der Waals surface area contributed by atoms with Crippen molar-refractivity contribution in [3.8, 4) is 0 Å². The van der Waals surface area contributed by atoms with E-state index in [1.165, 1.54) is 6.42 Å².